The molecule has 0 heterocycles. The lowest BCUT2D eigenvalue weighted by Crippen LogP contribution is -2.10. The lowest BCUT2D eigenvalue weighted by atomic mass is 10.2. The molecule has 2 N–H and O–H groups in total. The molecule has 10 heavy (non-hydrogen) atoms. The maximum Gasteiger partial charge on any atom is 0.0741 e. The van der Waals surface area contributed by atoms with Gasteiger partial charge in [-0.2, -0.15) is 0 Å². The van der Waals surface area contributed by atoms with Gasteiger partial charge < -0.3 is 5.73 Å². The van der Waals surface area contributed by atoms with Crippen LogP contribution >= 0.6 is 0 Å². The zero-order valence-electron chi connectivity index (χ0n) is 5.59. The maximum atomic E-state index is 5.67. The molecule has 0 aliphatic heterocycles. The molecule has 0 atom stereocenters. The molecule has 1 nitrogen and oxygen atoms in total. The lowest BCUT2D eigenvalue weighted by Gasteiger charge is -2.01. The highest BCUT2D eigenvalue weighted by Crippen LogP contribution is 2.07. The highest BCUT2D eigenvalue weighted by molar-refractivity contribution is 6.36. The van der Waals surface area contributed by atoms with Crippen LogP contribution in [-0.2, 0) is 0 Å². The molecule has 1 aromatic carbocycles. The van der Waals surface area contributed by atoms with Crippen LogP contribution in [0.4, 0.5) is 5.69 Å². The number of nitrogen functional groups attached to an aromatic ring is 1. The fourth-order valence-electron chi connectivity index (χ4n) is 0.761. The molecule has 2 heteroatoms. The van der Waals surface area contributed by atoms with E-state index in [-0.39, 0.29) is 0 Å². The van der Waals surface area contributed by atoms with Crippen molar-refractivity contribution >= 4 is 27.2 Å². The van der Waals surface area contributed by atoms with Crippen molar-refractivity contribution in [1.82, 2.24) is 0 Å². The van der Waals surface area contributed by atoms with Crippen molar-refractivity contribution in [3.63, 3.8) is 0 Å². The zero-order chi connectivity index (χ0) is 7.56. The summed E-state index contributed by atoms with van der Waals surface area (Å²) in [5.74, 6) is 0. The Morgan fingerprint density at radius 3 is 2.70 bits per heavy atom. The molecule has 49 valence electrons. The average Bonchev–Trinajstić information content (AvgIpc) is 1.95. The van der Waals surface area contributed by atoms with Crippen LogP contribution in [0.15, 0.2) is 24.8 Å². The molecule has 0 aromatic heterocycles. The number of nitrogens with two attached hydrogens (primary N) is 1. The van der Waals surface area contributed by atoms with Crippen molar-refractivity contribution in [2.75, 3.05) is 5.73 Å². The molecular formula is C8H8NSi. The molecule has 0 bridgehead atoms. The van der Waals surface area contributed by atoms with Gasteiger partial charge in [-0.25, -0.2) is 0 Å². The van der Waals surface area contributed by atoms with E-state index >= 15 is 0 Å². The van der Waals surface area contributed by atoms with Gasteiger partial charge in [0.05, 0.1) is 10.2 Å². The van der Waals surface area contributed by atoms with E-state index in [2.05, 4.69) is 16.8 Å². The van der Waals surface area contributed by atoms with E-state index < -0.39 is 0 Å². The second-order valence-corrected chi connectivity index (χ2v) is 2.55. The number of hydrogen-bond acceptors (Lipinski definition) is 1. The molecule has 0 aliphatic rings. The smallest absolute Gasteiger partial charge is 0.0741 e. The Bertz CT molecular complexity index is 255. The van der Waals surface area contributed by atoms with Crippen LogP contribution in [0.1, 0.15) is 5.56 Å². The van der Waals surface area contributed by atoms with E-state index in [1.165, 1.54) is 0 Å². The van der Waals surface area contributed by atoms with Crippen LogP contribution in [-0.4, -0.2) is 10.2 Å². The van der Waals surface area contributed by atoms with Crippen LogP contribution in [0, 0.1) is 0 Å². The number of rotatable bonds is 1. The van der Waals surface area contributed by atoms with Crippen LogP contribution in [0.5, 0.6) is 0 Å². The fraction of sp³-hybridized carbons (Fsp3) is 0. The Balaban J connectivity index is 3.27. The average molecular weight is 146 g/mol. The normalized spacial score (nSPS) is 9.30. The standard InChI is InChI=1S/C8H8NSi/c1-2-6-4-3-5-7(10)8(6)9/h2-5H,1,9H2. The monoisotopic (exact) mass is 146 g/mol. The minimum Gasteiger partial charge on any atom is -0.398 e. The summed E-state index contributed by atoms with van der Waals surface area (Å²) in [5, 5.41) is 0.914. The molecule has 1 rings (SSSR count). The minimum absolute atomic E-state index is 0.745. The number of anilines is 1. The van der Waals surface area contributed by atoms with Crippen molar-refractivity contribution in [3.8, 4) is 0 Å². The van der Waals surface area contributed by atoms with E-state index in [0.29, 0.717) is 0 Å². The van der Waals surface area contributed by atoms with Gasteiger partial charge in [0.1, 0.15) is 0 Å². The van der Waals surface area contributed by atoms with E-state index in [4.69, 9.17) is 5.73 Å². The Labute approximate surface area is 64.0 Å². The highest BCUT2D eigenvalue weighted by atomic mass is 28.1. The third kappa shape index (κ3) is 1.11. The van der Waals surface area contributed by atoms with Gasteiger partial charge in [0, 0.05) is 5.69 Å². The zero-order valence-corrected chi connectivity index (χ0v) is 6.59. The number of hydrogen-bond donors (Lipinski definition) is 1. The molecule has 0 unspecified atom stereocenters. The topological polar surface area (TPSA) is 26.0 Å². The van der Waals surface area contributed by atoms with Gasteiger partial charge in [-0.3, -0.25) is 0 Å². The summed E-state index contributed by atoms with van der Waals surface area (Å²) in [7, 11) is 3.36. The van der Waals surface area contributed by atoms with Crippen LogP contribution < -0.4 is 10.9 Å². The first-order valence-electron chi connectivity index (χ1n) is 2.98. The van der Waals surface area contributed by atoms with E-state index in [1.807, 2.05) is 18.2 Å². The SMILES string of the molecule is C=Cc1cccc([Si])c1N. The predicted molar refractivity (Wildman–Crippen MR) is 46.3 cm³/mol. The Morgan fingerprint density at radius 2 is 2.20 bits per heavy atom. The van der Waals surface area contributed by atoms with Crippen molar-refractivity contribution in [1.29, 1.82) is 0 Å². The maximum absolute atomic E-state index is 5.67. The summed E-state index contributed by atoms with van der Waals surface area (Å²) in [6.07, 6.45) is 1.74. The third-order valence-electron chi connectivity index (χ3n) is 1.36. The van der Waals surface area contributed by atoms with Gasteiger partial charge >= 0.3 is 0 Å². The molecule has 3 radical (unpaired) electrons. The Hall–Kier alpha value is -1.02. The highest BCUT2D eigenvalue weighted by Gasteiger charge is 1.94. The van der Waals surface area contributed by atoms with Gasteiger partial charge in [0.15, 0.2) is 0 Å². The van der Waals surface area contributed by atoms with Gasteiger partial charge in [0.2, 0.25) is 0 Å². The molecule has 0 fully saturated rings. The summed E-state index contributed by atoms with van der Waals surface area (Å²) in [6.45, 7) is 3.63. The molecule has 0 saturated carbocycles. The summed E-state index contributed by atoms with van der Waals surface area (Å²) in [4.78, 5) is 0. The molecule has 0 amide bonds. The fourth-order valence-corrected chi connectivity index (χ4v) is 1.00. The first-order valence-corrected chi connectivity index (χ1v) is 3.48. The first-order chi connectivity index (χ1) is 4.75. The second kappa shape index (κ2) is 2.71. The summed E-state index contributed by atoms with van der Waals surface area (Å²) >= 11 is 0. The second-order valence-electron chi connectivity index (χ2n) is 2.01. The largest absolute Gasteiger partial charge is 0.398 e. The Morgan fingerprint density at radius 1 is 1.50 bits per heavy atom. The van der Waals surface area contributed by atoms with Gasteiger partial charge in [0.25, 0.3) is 0 Å². The van der Waals surface area contributed by atoms with Gasteiger partial charge in [-0.1, -0.05) is 30.9 Å². The molecule has 0 saturated heterocycles. The van der Waals surface area contributed by atoms with Gasteiger partial charge in [-0.05, 0) is 10.8 Å². The first kappa shape index (κ1) is 7.09. The lowest BCUT2D eigenvalue weighted by molar-refractivity contribution is 1.69. The van der Waals surface area contributed by atoms with Crippen LogP contribution in [0.3, 0.4) is 0 Å². The Kier molecular flexibility index (Phi) is 1.92. The summed E-state index contributed by atoms with van der Waals surface area (Å²) < 4.78 is 0. The van der Waals surface area contributed by atoms with Crippen molar-refractivity contribution in [3.05, 3.63) is 30.3 Å². The minimum atomic E-state index is 0.745. The van der Waals surface area contributed by atoms with E-state index in [1.54, 1.807) is 6.08 Å². The quantitative estimate of drug-likeness (QED) is 0.458. The number of benzene rings is 1. The predicted octanol–water partition coefficient (Wildman–Crippen LogP) is 0.706. The van der Waals surface area contributed by atoms with Crippen molar-refractivity contribution in [2.24, 2.45) is 0 Å². The summed E-state index contributed by atoms with van der Waals surface area (Å²) in [5.41, 5.74) is 7.38. The molecule has 1 aromatic rings. The van der Waals surface area contributed by atoms with Gasteiger partial charge in [-0.15, -0.1) is 0 Å². The van der Waals surface area contributed by atoms with Crippen LogP contribution in [0.2, 0.25) is 0 Å². The van der Waals surface area contributed by atoms with E-state index in [0.717, 1.165) is 16.4 Å². The summed E-state index contributed by atoms with van der Waals surface area (Å²) in [6, 6.07) is 5.75. The van der Waals surface area contributed by atoms with Crippen molar-refractivity contribution < 1.29 is 0 Å². The van der Waals surface area contributed by atoms with Crippen molar-refractivity contribution in [2.45, 2.75) is 0 Å². The van der Waals surface area contributed by atoms with E-state index in [9.17, 15) is 0 Å². The number of para-hydroxylation sites is 1. The third-order valence-corrected chi connectivity index (χ3v) is 1.80. The molecule has 0 aliphatic carbocycles. The van der Waals surface area contributed by atoms with Crippen LogP contribution in [0.25, 0.3) is 6.08 Å². The molecule has 0 spiro atoms. The molecular weight excluding hydrogens is 138 g/mol.